The molecule has 2 heterocycles. The monoisotopic (exact) mass is 339 g/mol. The smallest absolute Gasteiger partial charge is 0.253 e. The summed E-state index contributed by atoms with van der Waals surface area (Å²) in [6.07, 6.45) is 4.52. The highest BCUT2D eigenvalue weighted by atomic mass is 16.5. The summed E-state index contributed by atoms with van der Waals surface area (Å²) < 4.78 is 5.95. The number of ether oxygens (including phenoxy) is 1. The summed E-state index contributed by atoms with van der Waals surface area (Å²) in [5, 5.41) is 0. The van der Waals surface area contributed by atoms with Crippen molar-refractivity contribution in [3.63, 3.8) is 0 Å². The van der Waals surface area contributed by atoms with Crippen molar-refractivity contribution in [2.75, 3.05) is 27.2 Å². The molecule has 1 saturated heterocycles. The molecule has 3 rings (SSSR count). The summed E-state index contributed by atoms with van der Waals surface area (Å²) in [4.78, 5) is 20.8. The van der Waals surface area contributed by atoms with Gasteiger partial charge in [0.25, 0.3) is 5.91 Å². The molecule has 2 aromatic rings. The van der Waals surface area contributed by atoms with Crippen LogP contribution in [0.5, 0.6) is 0 Å². The first-order valence-corrected chi connectivity index (χ1v) is 8.65. The lowest BCUT2D eigenvalue weighted by atomic mass is 10.1. The van der Waals surface area contributed by atoms with Crippen molar-refractivity contribution < 1.29 is 9.53 Å². The molecule has 0 bridgehead atoms. The molecule has 5 nitrogen and oxygen atoms in total. The molecule has 1 aliphatic heterocycles. The molecular weight excluding hydrogens is 314 g/mol. The summed E-state index contributed by atoms with van der Waals surface area (Å²) in [6.45, 7) is 2.80. The summed E-state index contributed by atoms with van der Waals surface area (Å²) in [7, 11) is 4.05. The SMILES string of the molecule is CN(C)Cc1cccc(C(=O)N2CCC(OCc3ccncc3)C2)c1. The van der Waals surface area contributed by atoms with E-state index in [1.54, 1.807) is 12.4 Å². The van der Waals surface area contributed by atoms with Gasteiger partial charge in [-0.25, -0.2) is 0 Å². The number of aromatic nitrogens is 1. The molecule has 0 aliphatic carbocycles. The number of benzene rings is 1. The van der Waals surface area contributed by atoms with E-state index >= 15 is 0 Å². The minimum absolute atomic E-state index is 0.0932. The molecule has 1 fully saturated rings. The second-order valence-corrected chi connectivity index (χ2v) is 6.77. The molecule has 25 heavy (non-hydrogen) atoms. The largest absolute Gasteiger partial charge is 0.372 e. The third-order valence-electron chi connectivity index (χ3n) is 4.34. The number of nitrogens with zero attached hydrogens (tertiary/aromatic N) is 3. The van der Waals surface area contributed by atoms with Crippen LogP contribution < -0.4 is 0 Å². The van der Waals surface area contributed by atoms with Crippen LogP contribution in [0.3, 0.4) is 0 Å². The molecule has 1 aliphatic rings. The van der Waals surface area contributed by atoms with E-state index in [4.69, 9.17) is 4.74 Å². The molecule has 5 heteroatoms. The number of carbonyl (C=O) groups excluding carboxylic acids is 1. The van der Waals surface area contributed by atoms with E-state index in [1.165, 1.54) is 0 Å². The van der Waals surface area contributed by atoms with Crippen LogP contribution in [0.25, 0.3) is 0 Å². The maximum atomic E-state index is 12.8. The van der Waals surface area contributed by atoms with E-state index in [0.717, 1.165) is 36.2 Å². The first-order chi connectivity index (χ1) is 12.1. The average Bonchev–Trinajstić information content (AvgIpc) is 3.09. The predicted molar refractivity (Wildman–Crippen MR) is 97.2 cm³/mol. The fraction of sp³-hybridized carbons (Fsp3) is 0.400. The Morgan fingerprint density at radius 3 is 2.80 bits per heavy atom. The molecule has 0 spiro atoms. The van der Waals surface area contributed by atoms with Crippen LogP contribution in [0.4, 0.5) is 0 Å². The normalized spacial score (nSPS) is 17.2. The van der Waals surface area contributed by atoms with E-state index in [2.05, 4.69) is 16.0 Å². The minimum Gasteiger partial charge on any atom is -0.372 e. The van der Waals surface area contributed by atoms with E-state index < -0.39 is 0 Å². The maximum absolute atomic E-state index is 12.8. The number of likely N-dealkylation sites (tertiary alicyclic amines) is 1. The van der Waals surface area contributed by atoms with Gasteiger partial charge < -0.3 is 14.5 Å². The number of rotatable bonds is 6. The number of hydrogen-bond donors (Lipinski definition) is 0. The van der Waals surface area contributed by atoms with E-state index in [1.807, 2.05) is 49.3 Å². The van der Waals surface area contributed by atoms with Crippen LogP contribution in [-0.2, 0) is 17.9 Å². The lowest BCUT2D eigenvalue weighted by Crippen LogP contribution is -2.30. The zero-order valence-corrected chi connectivity index (χ0v) is 14.9. The second kappa shape index (κ2) is 8.23. The van der Waals surface area contributed by atoms with Gasteiger partial charge in [0.1, 0.15) is 0 Å². The van der Waals surface area contributed by atoms with Gasteiger partial charge in [-0.1, -0.05) is 12.1 Å². The Balaban J connectivity index is 1.55. The first-order valence-electron chi connectivity index (χ1n) is 8.65. The van der Waals surface area contributed by atoms with Crippen LogP contribution in [0, 0.1) is 0 Å². The topological polar surface area (TPSA) is 45.7 Å². The Hall–Kier alpha value is -2.24. The molecule has 1 aromatic carbocycles. The Kier molecular flexibility index (Phi) is 5.79. The summed E-state index contributed by atoms with van der Waals surface area (Å²) in [5.74, 6) is 0.0932. The Morgan fingerprint density at radius 1 is 1.24 bits per heavy atom. The van der Waals surface area contributed by atoms with Gasteiger partial charge in [-0.2, -0.15) is 0 Å². The van der Waals surface area contributed by atoms with Gasteiger partial charge >= 0.3 is 0 Å². The van der Waals surface area contributed by atoms with Crippen molar-refractivity contribution in [1.82, 2.24) is 14.8 Å². The minimum atomic E-state index is 0.0932. The molecule has 0 saturated carbocycles. The highest BCUT2D eigenvalue weighted by molar-refractivity contribution is 5.94. The lowest BCUT2D eigenvalue weighted by Gasteiger charge is -2.18. The molecule has 0 radical (unpaired) electrons. The van der Waals surface area contributed by atoms with Crippen LogP contribution in [0.2, 0.25) is 0 Å². The van der Waals surface area contributed by atoms with Gasteiger partial charge in [-0.05, 0) is 55.9 Å². The van der Waals surface area contributed by atoms with Gasteiger partial charge in [0, 0.05) is 37.6 Å². The first kappa shape index (κ1) is 17.6. The Bertz CT molecular complexity index is 703. The third-order valence-corrected chi connectivity index (χ3v) is 4.34. The Labute approximate surface area is 149 Å². The number of carbonyl (C=O) groups is 1. The number of pyridine rings is 1. The fourth-order valence-corrected chi connectivity index (χ4v) is 3.09. The van der Waals surface area contributed by atoms with Gasteiger partial charge in [0.2, 0.25) is 0 Å². The Morgan fingerprint density at radius 2 is 2.04 bits per heavy atom. The van der Waals surface area contributed by atoms with Gasteiger partial charge in [0.05, 0.1) is 12.7 Å². The average molecular weight is 339 g/mol. The van der Waals surface area contributed by atoms with Crippen molar-refractivity contribution in [3.8, 4) is 0 Å². The summed E-state index contributed by atoms with van der Waals surface area (Å²) in [5.41, 5.74) is 3.02. The lowest BCUT2D eigenvalue weighted by molar-refractivity contribution is 0.0437. The third kappa shape index (κ3) is 4.87. The number of hydrogen-bond acceptors (Lipinski definition) is 4. The second-order valence-electron chi connectivity index (χ2n) is 6.77. The summed E-state index contributed by atoms with van der Waals surface area (Å²) >= 11 is 0. The standard InChI is InChI=1S/C20H25N3O2/c1-22(2)13-17-4-3-5-18(12-17)20(24)23-11-8-19(14-23)25-15-16-6-9-21-10-7-16/h3-7,9-10,12,19H,8,11,13-15H2,1-2H3. The van der Waals surface area contributed by atoms with E-state index in [-0.39, 0.29) is 12.0 Å². The highest BCUT2D eigenvalue weighted by Crippen LogP contribution is 2.18. The van der Waals surface area contributed by atoms with Crippen molar-refractivity contribution in [3.05, 3.63) is 65.5 Å². The van der Waals surface area contributed by atoms with Crippen molar-refractivity contribution >= 4 is 5.91 Å². The zero-order valence-electron chi connectivity index (χ0n) is 14.9. The van der Waals surface area contributed by atoms with Gasteiger partial charge in [-0.15, -0.1) is 0 Å². The number of amides is 1. The molecule has 1 amide bonds. The fourth-order valence-electron chi connectivity index (χ4n) is 3.09. The van der Waals surface area contributed by atoms with Crippen LogP contribution >= 0.6 is 0 Å². The molecular formula is C20H25N3O2. The van der Waals surface area contributed by atoms with Crippen LogP contribution in [0.15, 0.2) is 48.8 Å². The van der Waals surface area contributed by atoms with Gasteiger partial charge in [-0.3, -0.25) is 9.78 Å². The van der Waals surface area contributed by atoms with Crippen LogP contribution in [-0.4, -0.2) is 54.0 Å². The van der Waals surface area contributed by atoms with Crippen molar-refractivity contribution in [2.24, 2.45) is 0 Å². The zero-order chi connectivity index (χ0) is 17.6. The quantitative estimate of drug-likeness (QED) is 0.811. The predicted octanol–water partition coefficient (Wildman–Crippen LogP) is 2.57. The van der Waals surface area contributed by atoms with E-state index in [0.29, 0.717) is 13.2 Å². The molecule has 1 unspecified atom stereocenters. The molecule has 132 valence electrons. The van der Waals surface area contributed by atoms with Crippen LogP contribution in [0.1, 0.15) is 27.9 Å². The highest BCUT2D eigenvalue weighted by Gasteiger charge is 2.27. The molecule has 0 N–H and O–H groups in total. The van der Waals surface area contributed by atoms with E-state index in [9.17, 15) is 4.79 Å². The maximum Gasteiger partial charge on any atom is 0.253 e. The molecule has 1 aromatic heterocycles. The van der Waals surface area contributed by atoms with Crippen molar-refractivity contribution in [1.29, 1.82) is 0 Å². The van der Waals surface area contributed by atoms with Crippen molar-refractivity contribution in [2.45, 2.75) is 25.7 Å². The summed E-state index contributed by atoms with van der Waals surface area (Å²) in [6, 6.07) is 11.8. The van der Waals surface area contributed by atoms with Gasteiger partial charge in [0.15, 0.2) is 0 Å². The molecule has 1 atom stereocenters.